The molecule has 0 radical (unpaired) electrons. The molecule has 2 aliphatic heterocycles. The fourth-order valence-electron chi connectivity index (χ4n) is 4.44. The summed E-state index contributed by atoms with van der Waals surface area (Å²) in [5, 5.41) is 0.310. The lowest BCUT2D eigenvalue weighted by atomic mass is 10.1. The lowest BCUT2D eigenvalue weighted by Crippen LogP contribution is -2.49. The van der Waals surface area contributed by atoms with Gasteiger partial charge in [0.15, 0.2) is 0 Å². The third kappa shape index (κ3) is 5.75. The molecule has 0 aliphatic carbocycles. The topological polar surface area (TPSA) is 60.5 Å². The molecule has 2 aromatic rings. The Morgan fingerprint density at radius 2 is 1.70 bits per heavy atom. The number of carbonyl (C=O) groups is 1. The van der Waals surface area contributed by atoms with Gasteiger partial charge in [0.1, 0.15) is 17.2 Å². The van der Waals surface area contributed by atoms with Crippen molar-refractivity contribution in [3.63, 3.8) is 0 Å². The summed E-state index contributed by atoms with van der Waals surface area (Å²) >= 11 is 1.82. The van der Waals surface area contributed by atoms with Crippen LogP contribution in [0.5, 0.6) is 17.2 Å². The first kappa shape index (κ1) is 23.7. The summed E-state index contributed by atoms with van der Waals surface area (Å²) in [5.41, 5.74) is 1.02. The average Bonchev–Trinajstić information content (AvgIpc) is 3.26. The molecule has 7 nitrogen and oxygen atoms in total. The standard InChI is InChI=1S/C25H32N2O5S/c1-29-19-4-7-21(8-5-19)33-22-15-23(25(28)26-10-12-32-13-11-26)27(17-22)16-18-14-20(30-2)6-9-24(18)31-3/h4-9,14,22-23H,10-13,15-17H2,1-3H3/t22-,23+/m1/s1. The molecule has 2 aliphatic rings. The van der Waals surface area contributed by atoms with Gasteiger partial charge in [0.2, 0.25) is 5.91 Å². The first-order valence-corrected chi connectivity index (χ1v) is 12.1. The number of methoxy groups -OCH3 is 3. The summed E-state index contributed by atoms with van der Waals surface area (Å²) in [4.78, 5) is 18.9. The van der Waals surface area contributed by atoms with E-state index in [1.807, 2.05) is 47.0 Å². The van der Waals surface area contributed by atoms with Crippen LogP contribution in [0.1, 0.15) is 12.0 Å². The van der Waals surface area contributed by atoms with Crippen molar-refractivity contribution in [2.45, 2.75) is 29.2 Å². The van der Waals surface area contributed by atoms with Crippen LogP contribution in [-0.2, 0) is 16.1 Å². The number of likely N-dealkylation sites (tertiary alicyclic amines) is 1. The molecule has 2 aromatic carbocycles. The number of morpholine rings is 1. The Hall–Kier alpha value is -2.42. The lowest BCUT2D eigenvalue weighted by Gasteiger charge is -2.32. The largest absolute Gasteiger partial charge is 0.497 e. The molecule has 0 spiro atoms. The van der Waals surface area contributed by atoms with E-state index in [9.17, 15) is 4.79 Å². The second-order valence-electron chi connectivity index (χ2n) is 8.21. The van der Waals surface area contributed by atoms with Crippen molar-refractivity contribution in [3.05, 3.63) is 48.0 Å². The number of carbonyl (C=O) groups excluding carboxylic acids is 1. The van der Waals surface area contributed by atoms with Crippen molar-refractivity contribution in [1.82, 2.24) is 9.80 Å². The number of benzene rings is 2. The summed E-state index contributed by atoms with van der Waals surface area (Å²) in [6, 6.07) is 13.8. The highest BCUT2D eigenvalue weighted by Gasteiger charge is 2.39. The summed E-state index contributed by atoms with van der Waals surface area (Å²) < 4.78 is 21.8. The van der Waals surface area contributed by atoms with Gasteiger partial charge in [0.25, 0.3) is 0 Å². The van der Waals surface area contributed by atoms with E-state index in [1.54, 1.807) is 21.3 Å². The van der Waals surface area contributed by atoms with Crippen LogP contribution >= 0.6 is 11.8 Å². The molecule has 1 amide bonds. The van der Waals surface area contributed by atoms with Crippen LogP contribution in [-0.4, -0.2) is 81.2 Å². The van der Waals surface area contributed by atoms with Gasteiger partial charge in [0, 0.05) is 41.9 Å². The Balaban J connectivity index is 1.54. The number of ether oxygens (including phenoxy) is 4. The zero-order chi connectivity index (χ0) is 23.2. The monoisotopic (exact) mass is 472 g/mol. The molecule has 0 N–H and O–H groups in total. The normalized spacial score (nSPS) is 21.1. The summed E-state index contributed by atoms with van der Waals surface area (Å²) in [7, 11) is 5.01. The fourth-order valence-corrected chi connectivity index (χ4v) is 5.67. The maximum Gasteiger partial charge on any atom is 0.240 e. The summed E-state index contributed by atoms with van der Waals surface area (Å²) in [6.07, 6.45) is 0.805. The first-order chi connectivity index (χ1) is 16.1. The van der Waals surface area contributed by atoms with E-state index in [2.05, 4.69) is 17.0 Å². The van der Waals surface area contributed by atoms with Crippen LogP contribution in [0.2, 0.25) is 0 Å². The van der Waals surface area contributed by atoms with E-state index in [1.165, 1.54) is 4.90 Å². The number of hydrogen-bond donors (Lipinski definition) is 0. The maximum atomic E-state index is 13.5. The molecule has 2 atom stereocenters. The van der Waals surface area contributed by atoms with Crippen molar-refractivity contribution in [2.24, 2.45) is 0 Å². The predicted molar refractivity (Wildman–Crippen MR) is 128 cm³/mol. The van der Waals surface area contributed by atoms with Crippen LogP contribution < -0.4 is 14.2 Å². The molecule has 0 unspecified atom stereocenters. The van der Waals surface area contributed by atoms with E-state index >= 15 is 0 Å². The minimum Gasteiger partial charge on any atom is -0.497 e. The predicted octanol–water partition coefficient (Wildman–Crippen LogP) is 3.31. The Morgan fingerprint density at radius 1 is 1.00 bits per heavy atom. The highest BCUT2D eigenvalue weighted by atomic mass is 32.2. The van der Waals surface area contributed by atoms with Crippen molar-refractivity contribution >= 4 is 17.7 Å². The zero-order valence-corrected chi connectivity index (χ0v) is 20.3. The molecule has 0 bridgehead atoms. The van der Waals surface area contributed by atoms with Gasteiger partial charge in [0.05, 0.1) is 40.6 Å². The molecule has 2 saturated heterocycles. The lowest BCUT2D eigenvalue weighted by molar-refractivity contribution is -0.140. The second-order valence-corrected chi connectivity index (χ2v) is 9.59. The number of rotatable bonds is 8. The molecule has 2 heterocycles. The minimum absolute atomic E-state index is 0.172. The maximum absolute atomic E-state index is 13.5. The van der Waals surface area contributed by atoms with Gasteiger partial charge in [-0.05, 0) is 48.9 Å². The van der Waals surface area contributed by atoms with Crippen LogP contribution in [0.4, 0.5) is 0 Å². The third-order valence-electron chi connectivity index (χ3n) is 6.20. The van der Waals surface area contributed by atoms with Crippen LogP contribution in [0.3, 0.4) is 0 Å². The Labute approximate surface area is 199 Å². The van der Waals surface area contributed by atoms with E-state index in [-0.39, 0.29) is 11.9 Å². The molecule has 33 heavy (non-hydrogen) atoms. The highest BCUT2D eigenvalue weighted by molar-refractivity contribution is 8.00. The van der Waals surface area contributed by atoms with Gasteiger partial charge in [-0.15, -0.1) is 11.8 Å². The van der Waals surface area contributed by atoms with E-state index < -0.39 is 0 Å². The molecule has 8 heteroatoms. The molecule has 2 fully saturated rings. The third-order valence-corrected chi connectivity index (χ3v) is 7.42. The van der Waals surface area contributed by atoms with Gasteiger partial charge in [-0.25, -0.2) is 0 Å². The average molecular weight is 473 g/mol. The van der Waals surface area contributed by atoms with Gasteiger partial charge < -0.3 is 23.8 Å². The Bertz CT molecular complexity index is 933. The SMILES string of the molecule is COc1ccc(S[C@@H]2C[C@@H](C(=O)N3CCOCC3)N(Cc3cc(OC)ccc3OC)C2)cc1. The van der Waals surface area contributed by atoms with Gasteiger partial charge in [-0.1, -0.05) is 0 Å². The smallest absolute Gasteiger partial charge is 0.240 e. The number of hydrogen-bond acceptors (Lipinski definition) is 7. The van der Waals surface area contributed by atoms with Crippen LogP contribution in [0, 0.1) is 0 Å². The highest BCUT2D eigenvalue weighted by Crippen LogP contribution is 2.36. The van der Waals surface area contributed by atoms with Crippen LogP contribution in [0.25, 0.3) is 0 Å². The van der Waals surface area contributed by atoms with Crippen molar-refractivity contribution < 1.29 is 23.7 Å². The summed E-state index contributed by atoms with van der Waals surface area (Å²) in [5.74, 6) is 2.63. The second kappa shape index (κ2) is 11.1. The first-order valence-electron chi connectivity index (χ1n) is 11.2. The van der Waals surface area contributed by atoms with Crippen molar-refractivity contribution in [1.29, 1.82) is 0 Å². The number of thioether (sulfide) groups is 1. The van der Waals surface area contributed by atoms with Crippen molar-refractivity contribution in [2.75, 3.05) is 54.2 Å². The Morgan fingerprint density at radius 3 is 2.36 bits per heavy atom. The molecule has 178 valence electrons. The van der Waals surface area contributed by atoms with Gasteiger partial charge in [-0.3, -0.25) is 9.69 Å². The van der Waals surface area contributed by atoms with E-state index in [4.69, 9.17) is 18.9 Å². The number of amides is 1. The van der Waals surface area contributed by atoms with E-state index in [0.29, 0.717) is 38.1 Å². The van der Waals surface area contributed by atoms with Gasteiger partial charge >= 0.3 is 0 Å². The fraction of sp³-hybridized carbons (Fsp3) is 0.480. The zero-order valence-electron chi connectivity index (χ0n) is 19.5. The molecular formula is C25H32N2O5S. The van der Waals surface area contributed by atoms with Crippen LogP contribution in [0.15, 0.2) is 47.4 Å². The minimum atomic E-state index is -0.172. The van der Waals surface area contributed by atoms with Gasteiger partial charge in [-0.2, -0.15) is 0 Å². The summed E-state index contributed by atoms with van der Waals surface area (Å²) in [6.45, 7) is 3.96. The molecule has 0 aromatic heterocycles. The quantitative estimate of drug-likeness (QED) is 0.584. The van der Waals surface area contributed by atoms with E-state index in [0.717, 1.165) is 35.8 Å². The van der Waals surface area contributed by atoms with Crippen molar-refractivity contribution in [3.8, 4) is 17.2 Å². The molecule has 4 rings (SSSR count). The Kier molecular flexibility index (Phi) is 8.01. The molecular weight excluding hydrogens is 440 g/mol. The molecule has 0 saturated carbocycles. The number of nitrogens with zero attached hydrogens (tertiary/aromatic N) is 2.